The number of methoxy groups -OCH3 is 1. The van der Waals surface area contributed by atoms with Crippen LogP contribution in [-0.2, 0) is 14.3 Å². The summed E-state index contributed by atoms with van der Waals surface area (Å²) in [6.07, 6.45) is 2.80. The molecule has 0 aromatic rings. The summed E-state index contributed by atoms with van der Waals surface area (Å²) < 4.78 is 4.70. The topological polar surface area (TPSA) is 43.4 Å². The van der Waals surface area contributed by atoms with Crippen LogP contribution in [0.4, 0.5) is 0 Å². The first-order chi connectivity index (χ1) is 6.08. The fourth-order valence-electron chi connectivity index (χ4n) is 2.89. The lowest BCUT2D eigenvalue weighted by Crippen LogP contribution is -2.68. The van der Waals surface area contributed by atoms with Gasteiger partial charge in [0.1, 0.15) is 5.78 Å². The number of ether oxygens (including phenoxy) is 1. The van der Waals surface area contributed by atoms with Crippen molar-refractivity contribution in [2.24, 2.45) is 10.8 Å². The van der Waals surface area contributed by atoms with Crippen molar-refractivity contribution in [2.45, 2.75) is 32.6 Å². The van der Waals surface area contributed by atoms with Gasteiger partial charge in [-0.25, -0.2) is 0 Å². The van der Waals surface area contributed by atoms with Crippen molar-refractivity contribution in [3.05, 3.63) is 0 Å². The Bertz CT molecular complexity index is 234. The predicted octanol–water partition coefficient (Wildman–Crippen LogP) is 1.31. The van der Waals surface area contributed by atoms with Gasteiger partial charge in [-0.15, -0.1) is 0 Å². The Morgan fingerprint density at radius 3 is 2.15 bits per heavy atom. The molecular weight excluding hydrogens is 168 g/mol. The van der Waals surface area contributed by atoms with Gasteiger partial charge in [0.25, 0.3) is 0 Å². The maximum Gasteiger partial charge on any atom is 0.311 e. The summed E-state index contributed by atoms with van der Waals surface area (Å²) in [5.41, 5.74) is -0.386. The van der Waals surface area contributed by atoms with E-state index in [1.54, 1.807) is 0 Å². The van der Waals surface area contributed by atoms with E-state index in [1.165, 1.54) is 7.11 Å². The van der Waals surface area contributed by atoms with Gasteiger partial charge < -0.3 is 4.74 Å². The summed E-state index contributed by atoms with van der Waals surface area (Å²) in [5.74, 6) is 0.191. The van der Waals surface area contributed by atoms with Crippen LogP contribution in [0.3, 0.4) is 0 Å². The Labute approximate surface area is 77.4 Å². The van der Waals surface area contributed by atoms with Gasteiger partial charge in [-0.05, 0) is 19.3 Å². The fraction of sp³-hybridized carbons (Fsp3) is 0.800. The van der Waals surface area contributed by atoms with Gasteiger partial charge in [-0.3, -0.25) is 9.59 Å². The highest BCUT2D eigenvalue weighted by molar-refractivity contribution is 5.94. The lowest BCUT2D eigenvalue weighted by molar-refractivity contribution is -0.221. The summed E-state index contributed by atoms with van der Waals surface area (Å²) in [4.78, 5) is 22.7. The van der Waals surface area contributed by atoms with Gasteiger partial charge in [0, 0.05) is 11.8 Å². The highest BCUT2D eigenvalue weighted by Crippen LogP contribution is 2.74. The van der Waals surface area contributed by atoms with Crippen LogP contribution in [0.1, 0.15) is 32.6 Å². The minimum absolute atomic E-state index is 0.122. The number of rotatable bonds is 3. The molecule has 3 aliphatic rings. The molecule has 13 heavy (non-hydrogen) atoms. The summed E-state index contributed by atoms with van der Waals surface area (Å²) >= 11 is 0. The predicted molar refractivity (Wildman–Crippen MR) is 46.0 cm³/mol. The Morgan fingerprint density at radius 1 is 1.23 bits per heavy atom. The molecule has 3 nitrogen and oxygen atoms in total. The number of carbonyl (C=O) groups excluding carboxylic acids is 2. The Hall–Kier alpha value is -0.860. The van der Waals surface area contributed by atoms with Crippen molar-refractivity contribution in [3.8, 4) is 0 Å². The number of hydrogen-bond acceptors (Lipinski definition) is 3. The summed E-state index contributed by atoms with van der Waals surface area (Å²) in [5, 5.41) is 0. The van der Waals surface area contributed by atoms with Crippen LogP contribution in [0, 0.1) is 10.8 Å². The third-order valence-electron chi connectivity index (χ3n) is 3.56. The SMILES string of the molecule is CCC(=O)C12CC(C(=O)OC)(C1)C2. The van der Waals surface area contributed by atoms with Crippen LogP contribution in [0.25, 0.3) is 0 Å². The minimum atomic E-state index is -0.264. The van der Waals surface area contributed by atoms with Gasteiger partial charge in [-0.2, -0.15) is 0 Å². The third kappa shape index (κ3) is 0.847. The van der Waals surface area contributed by atoms with Crippen molar-refractivity contribution < 1.29 is 14.3 Å². The molecule has 2 bridgehead atoms. The molecule has 3 saturated carbocycles. The molecule has 0 aromatic heterocycles. The molecule has 0 N–H and O–H groups in total. The first kappa shape index (κ1) is 8.73. The zero-order valence-corrected chi connectivity index (χ0v) is 8.05. The van der Waals surface area contributed by atoms with Gasteiger partial charge in [0.05, 0.1) is 12.5 Å². The van der Waals surface area contributed by atoms with Crippen LogP contribution in [0.2, 0.25) is 0 Å². The molecule has 3 aliphatic carbocycles. The zero-order valence-electron chi connectivity index (χ0n) is 8.05. The second-order valence-corrected chi connectivity index (χ2v) is 4.36. The van der Waals surface area contributed by atoms with Crippen molar-refractivity contribution in [2.75, 3.05) is 7.11 Å². The molecule has 0 saturated heterocycles. The quantitative estimate of drug-likeness (QED) is 0.618. The summed E-state index contributed by atoms with van der Waals surface area (Å²) in [6, 6.07) is 0. The standard InChI is InChI=1S/C10H14O3/c1-3-7(11)9-4-10(5-9,6-9)8(12)13-2/h3-6H2,1-2H3. The Morgan fingerprint density at radius 2 is 1.77 bits per heavy atom. The Kier molecular flexibility index (Phi) is 1.57. The van der Waals surface area contributed by atoms with E-state index in [2.05, 4.69) is 0 Å². The zero-order chi connectivity index (χ0) is 9.69. The number of Topliss-reactive ketones (excluding diaryl/α,β-unsaturated/α-hetero) is 1. The number of carbonyl (C=O) groups is 2. The molecule has 3 heteroatoms. The van der Waals surface area contributed by atoms with E-state index in [0.29, 0.717) is 12.2 Å². The first-order valence-electron chi connectivity index (χ1n) is 4.70. The highest BCUT2D eigenvalue weighted by Gasteiger charge is 2.74. The van der Waals surface area contributed by atoms with Crippen LogP contribution in [-0.4, -0.2) is 18.9 Å². The molecule has 3 fully saturated rings. The van der Waals surface area contributed by atoms with Crippen LogP contribution in [0.5, 0.6) is 0 Å². The van der Waals surface area contributed by atoms with E-state index >= 15 is 0 Å². The molecule has 0 unspecified atom stereocenters. The molecule has 0 aromatic carbocycles. The monoisotopic (exact) mass is 182 g/mol. The van der Waals surface area contributed by atoms with Gasteiger partial charge >= 0.3 is 5.97 Å². The molecule has 0 atom stereocenters. The summed E-state index contributed by atoms with van der Waals surface area (Å²) in [6.45, 7) is 1.88. The van der Waals surface area contributed by atoms with Crippen molar-refractivity contribution in [1.82, 2.24) is 0 Å². The Balaban J connectivity index is 2.00. The largest absolute Gasteiger partial charge is 0.469 e. The molecule has 0 heterocycles. The smallest absolute Gasteiger partial charge is 0.311 e. The van der Waals surface area contributed by atoms with Crippen LogP contribution < -0.4 is 0 Å². The molecule has 0 amide bonds. The van der Waals surface area contributed by atoms with E-state index in [0.717, 1.165) is 19.3 Å². The number of ketones is 1. The lowest BCUT2D eigenvalue weighted by atomic mass is 9.34. The molecule has 72 valence electrons. The second-order valence-electron chi connectivity index (χ2n) is 4.36. The average Bonchev–Trinajstić information content (AvgIpc) is 1.98. The first-order valence-corrected chi connectivity index (χ1v) is 4.70. The van der Waals surface area contributed by atoms with E-state index in [4.69, 9.17) is 4.74 Å². The molecular formula is C10H14O3. The second kappa shape index (κ2) is 2.34. The van der Waals surface area contributed by atoms with Gasteiger partial charge in [0.2, 0.25) is 0 Å². The maximum absolute atomic E-state index is 11.5. The average molecular weight is 182 g/mol. The van der Waals surface area contributed by atoms with Crippen molar-refractivity contribution in [1.29, 1.82) is 0 Å². The number of hydrogen-bond donors (Lipinski definition) is 0. The summed E-state index contributed by atoms with van der Waals surface area (Å²) in [7, 11) is 1.41. The molecule has 3 rings (SSSR count). The van der Waals surface area contributed by atoms with Crippen LogP contribution >= 0.6 is 0 Å². The molecule has 0 spiro atoms. The highest BCUT2D eigenvalue weighted by atomic mass is 16.5. The molecule has 0 radical (unpaired) electrons. The van der Waals surface area contributed by atoms with E-state index < -0.39 is 0 Å². The van der Waals surface area contributed by atoms with E-state index in [9.17, 15) is 9.59 Å². The van der Waals surface area contributed by atoms with E-state index in [1.807, 2.05) is 6.92 Å². The fourth-order valence-corrected chi connectivity index (χ4v) is 2.89. The third-order valence-corrected chi connectivity index (χ3v) is 3.56. The van der Waals surface area contributed by atoms with Crippen molar-refractivity contribution >= 4 is 11.8 Å². The lowest BCUT2D eigenvalue weighted by Gasteiger charge is -2.67. The maximum atomic E-state index is 11.5. The van der Waals surface area contributed by atoms with Crippen LogP contribution in [0.15, 0.2) is 0 Å². The normalized spacial score (nSPS) is 40.2. The van der Waals surface area contributed by atoms with Gasteiger partial charge in [-0.1, -0.05) is 6.92 Å². The minimum Gasteiger partial charge on any atom is -0.469 e. The van der Waals surface area contributed by atoms with E-state index in [-0.39, 0.29) is 16.8 Å². The van der Waals surface area contributed by atoms with Gasteiger partial charge in [0.15, 0.2) is 0 Å². The number of esters is 1. The van der Waals surface area contributed by atoms with Crippen molar-refractivity contribution in [3.63, 3.8) is 0 Å². The molecule has 0 aliphatic heterocycles.